The van der Waals surface area contributed by atoms with E-state index in [1.807, 2.05) is 5.06 Å². The molecule has 3 heteroatoms. The van der Waals surface area contributed by atoms with Gasteiger partial charge < -0.3 is 4.84 Å². The Hall–Kier alpha value is -0.700. The van der Waals surface area contributed by atoms with E-state index in [-0.39, 0.29) is 22.4 Å². The van der Waals surface area contributed by atoms with Crippen molar-refractivity contribution in [3.63, 3.8) is 0 Å². The predicted molar refractivity (Wildman–Crippen MR) is 75.6 cm³/mol. The molecular weight excluding hydrogens is 238 g/mol. The summed E-state index contributed by atoms with van der Waals surface area (Å²) in [7, 11) is 0. The summed E-state index contributed by atoms with van der Waals surface area (Å²) in [6.07, 6.45) is 6.18. The molecule has 1 atom stereocenters. The van der Waals surface area contributed by atoms with Crippen LogP contribution in [0.25, 0.3) is 0 Å². The number of rotatable bonds is 3. The van der Waals surface area contributed by atoms with Crippen molar-refractivity contribution in [2.24, 2.45) is 11.3 Å². The second kappa shape index (κ2) is 4.41. The SMILES string of the molecule is CC1(C)CC1C=C([O])ON1C(C)(C)CCCC1(C)C. The van der Waals surface area contributed by atoms with Gasteiger partial charge in [-0.3, -0.25) is 0 Å². The van der Waals surface area contributed by atoms with Crippen molar-refractivity contribution in [2.45, 2.75) is 78.3 Å². The summed E-state index contributed by atoms with van der Waals surface area (Å²) in [4.78, 5) is 5.70. The molecule has 0 N–H and O–H groups in total. The molecule has 0 bridgehead atoms. The van der Waals surface area contributed by atoms with Gasteiger partial charge in [0, 0.05) is 6.08 Å². The second-order valence-electron chi connectivity index (χ2n) is 8.15. The quantitative estimate of drug-likeness (QED) is 0.714. The molecule has 0 aromatic carbocycles. The molecule has 0 spiro atoms. The summed E-state index contributed by atoms with van der Waals surface area (Å²) in [6, 6.07) is 0. The third-order valence-electron chi connectivity index (χ3n) is 4.78. The zero-order valence-corrected chi connectivity index (χ0v) is 13.2. The van der Waals surface area contributed by atoms with E-state index in [0.717, 1.165) is 19.3 Å². The van der Waals surface area contributed by atoms with Crippen LogP contribution in [0.2, 0.25) is 0 Å². The topological polar surface area (TPSA) is 32.4 Å². The Labute approximate surface area is 117 Å². The standard InChI is InChI=1S/C16H28NO2/c1-14(2)11-12(14)10-13(18)19-17-15(3,4)8-7-9-16(17,5)6/h10,12H,7-9,11H2,1-6H3. The van der Waals surface area contributed by atoms with Gasteiger partial charge in [-0.25, -0.2) is 5.11 Å². The predicted octanol–water partition coefficient (Wildman–Crippen LogP) is 4.28. The fraction of sp³-hybridized carbons (Fsp3) is 0.875. The highest BCUT2D eigenvalue weighted by Gasteiger charge is 2.47. The van der Waals surface area contributed by atoms with Gasteiger partial charge in [-0.15, -0.1) is 5.06 Å². The van der Waals surface area contributed by atoms with E-state index in [9.17, 15) is 5.11 Å². The lowest BCUT2D eigenvalue weighted by molar-refractivity contribution is -0.281. The van der Waals surface area contributed by atoms with Gasteiger partial charge in [0.2, 0.25) is 0 Å². The maximum atomic E-state index is 12.1. The Balaban J connectivity index is 2.07. The number of hydrogen-bond donors (Lipinski definition) is 0. The lowest BCUT2D eigenvalue weighted by Gasteiger charge is -2.50. The molecule has 1 aliphatic carbocycles. The highest BCUT2D eigenvalue weighted by atomic mass is 16.7. The van der Waals surface area contributed by atoms with Crippen molar-refractivity contribution in [2.75, 3.05) is 0 Å². The Bertz CT molecular complexity index is 366. The van der Waals surface area contributed by atoms with Crippen molar-refractivity contribution in [3.8, 4) is 0 Å². The molecule has 0 aromatic heterocycles. The molecule has 3 nitrogen and oxygen atoms in total. The van der Waals surface area contributed by atoms with E-state index in [4.69, 9.17) is 4.84 Å². The summed E-state index contributed by atoms with van der Waals surface area (Å²) in [5.41, 5.74) is 0.126. The van der Waals surface area contributed by atoms with Gasteiger partial charge in [0.05, 0.1) is 11.1 Å². The Morgan fingerprint density at radius 3 is 2.00 bits per heavy atom. The van der Waals surface area contributed by atoms with E-state index in [1.165, 1.54) is 6.42 Å². The third kappa shape index (κ3) is 3.07. The minimum atomic E-state index is -0.182. The van der Waals surface area contributed by atoms with Crippen LogP contribution in [0.1, 0.15) is 67.2 Å². The Morgan fingerprint density at radius 1 is 1.11 bits per heavy atom. The van der Waals surface area contributed by atoms with Crippen LogP contribution in [0.3, 0.4) is 0 Å². The van der Waals surface area contributed by atoms with Crippen LogP contribution < -0.4 is 0 Å². The van der Waals surface area contributed by atoms with E-state index in [0.29, 0.717) is 5.92 Å². The highest BCUT2D eigenvalue weighted by molar-refractivity contribution is 5.08. The van der Waals surface area contributed by atoms with Crippen LogP contribution in [0.15, 0.2) is 12.0 Å². The van der Waals surface area contributed by atoms with Crippen LogP contribution in [-0.2, 0) is 9.94 Å². The summed E-state index contributed by atoms with van der Waals surface area (Å²) >= 11 is 0. The van der Waals surface area contributed by atoms with Gasteiger partial charge in [-0.1, -0.05) is 13.8 Å². The molecule has 1 saturated heterocycles. The van der Waals surface area contributed by atoms with E-state index in [2.05, 4.69) is 41.5 Å². The summed E-state index contributed by atoms with van der Waals surface area (Å²) in [6.45, 7) is 13.0. The van der Waals surface area contributed by atoms with Crippen molar-refractivity contribution >= 4 is 0 Å². The molecule has 1 heterocycles. The van der Waals surface area contributed by atoms with E-state index < -0.39 is 0 Å². The molecule has 2 fully saturated rings. The monoisotopic (exact) mass is 266 g/mol. The Kier molecular flexibility index (Phi) is 3.41. The molecule has 1 unspecified atom stereocenters. The van der Waals surface area contributed by atoms with Crippen molar-refractivity contribution < 1.29 is 9.94 Å². The van der Waals surface area contributed by atoms with Crippen molar-refractivity contribution in [1.29, 1.82) is 0 Å². The van der Waals surface area contributed by atoms with Crippen LogP contribution in [-0.4, -0.2) is 16.1 Å². The van der Waals surface area contributed by atoms with Gasteiger partial charge in [0.1, 0.15) is 0 Å². The highest BCUT2D eigenvalue weighted by Crippen LogP contribution is 2.53. The number of hydroxylamine groups is 2. The van der Waals surface area contributed by atoms with Crippen molar-refractivity contribution in [3.05, 3.63) is 12.0 Å². The first kappa shape index (κ1) is 14.7. The number of hydrogen-bond acceptors (Lipinski definition) is 2. The normalized spacial score (nSPS) is 32.9. The summed E-state index contributed by atoms with van der Waals surface area (Å²) in [5, 5.41) is 14.0. The van der Waals surface area contributed by atoms with Gasteiger partial charge in [0.15, 0.2) is 0 Å². The van der Waals surface area contributed by atoms with Crippen molar-refractivity contribution in [1.82, 2.24) is 5.06 Å². The van der Waals surface area contributed by atoms with E-state index in [1.54, 1.807) is 6.08 Å². The van der Waals surface area contributed by atoms with Crippen LogP contribution in [0.4, 0.5) is 0 Å². The lowest BCUT2D eigenvalue weighted by atomic mass is 9.82. The molecule has 2 aliphatic rings. The minimum Gasteiger partial charge on any atom is -0.363 e. The van der Waals surface area contributed by atoms with Crippen LogP contribution in [0.5, 0.6) is 0 Å². The fourth-order valence-corrected chi connectivity index (χ4v) is 3.30. The molecule has 0 aromatic rings. The fourth-order valence-electron chi connectivity index (χ4n) is 3.30. The maximum absolute atomic E-state index is 12.1. The second-order valence-corrected chi connectivity index (χ2v) is 8.15. The third-order valence-corrected chi connectivity index (χ3v) is 4.78. The lowest BCUT2D eigenvalue weighted by Crippen LogP contribution is -2.57. The number of piperidine rings is 1. The van der Waals surface area contributed by atoms with Gasteiger partial charge in [0.25, 0.3) is 0 Å². The van der Waals surface area contributed by atoms with Crippen LogP contribution in [0, 0.1) is 11.3 Å². The first-order valence-electron chi connectivity index (χ1n) is 7.42. The van der Waals surface area contributed by atoms with Gasteiger partial charge >= 0.3 is 5.95 Å². The summed E-state index contributed by atoms with van der Waals surface area (Å²) < 4.78 is 0. The molecule has 1 aliphatic heterocycles. The van der Waals surface area contributed by atoms with Crippen LogP contribution >= 0.6 is 0 Å². The molecule has 109 valence electrons. The maximum Gasteiger partial charge on any atom is 0.345 e. The number of allylic oxidation sites excluding steroid dienone is 1. The van der Waals surface area contributed by atoms with E-state index >= 15 is 0 Å². The zero-order valence-electron chi connectivity index (χ0n) is 13.2. The molecule has 19 heavy (non-hydrogen) atoms. The first-order chi connectivity index (χ1) is 8.55. The van der Waals surface area contributed by atoms with Gasteiger partial charge in [-0.05, 0) is 64.7 Å². The first-order valence-corrected chi connectivity index (χ1v) is 7.42. The molecular formula is C16H28NO2. The zero-order chi connectivity index (χ0) is 14.5. The average Bonchev–Trinajstić information content (AvgIpc) is 2.79. The molecule has 2 rings (SSSR count). The molecule has 1 radical (unpaired) electrons. The molecule has 0 amide bonds. The molecule has 1 saturated carbocycles. The minimum absolute atomic E-state index is 0.0790. The van der Waals surface area contributed by atoms with Gasteiger partial charge in [-0.2, -0.15) is 0 Å². The smallest absolute Gasteiger partial charge is 0.345 e. The number of nitrogens with zero attached hydrogens (tertiary/aromatic N) is 1. The summed E-state index contributed by atoms with van der Waals surface area (Å²) in [5.74, 6) is 0.203. The Morgan fingerprint density at radius 2 is 1.58 bits per heavy atom. The largest absolute Gasteiger partial charge is 0.363 e. The average molecular weight is 266 g/mol.